The molecule has 38 heavy (non-hydrogen) atoms. The Hall–Kier alpha value is -3.03. The van der Waals surface area contributed by atoms with Crippen LogP contribution in [-0.4, -0.2) is 47.5 Å². The van der Waals surface area contributed by atoms with Gasteiger partial charge in [-0.05, 0) is 70.6 Å². The monoisotopic (exact) mass is 525 g/mol. The number of rotatable bonds is 8. The lowest BCUT2D eigenvalue weighted by atomic mass is 9.83. The molecular weight excluding hydrogens is 482 g/mol. The van der Waals surface area contributed by atoms with Crippen molar-refractivity contribution in [2.24, 2.45) is 5.92 Å². The lowest BCUT2D eigenvalue weighted by molar-refractivity contribution is -0.159. The SMILES string of the molecule is COc1cccc(OC)c1-c1cc(C(=O)NC(C(=O)OC(C)(C)C)C2CCCCC2)nn1C1CCCCC1. The van der Waals surface area contributed by atoms with Crippen molar-refractivity contribution in [2.75, 3.05) is 14.2 Å². The highest BCUT2D eigenvalue weighted by Gasteiger charge is 2.35. The van der Waals surface area contributed by atoms with Gasteiger partial charge in [-0.15, -0.1) is 0 Å². The number of aromatic nitrogens is 2. The van der Waals surface area contributed by atoms with Gasteiger partial charge in [-0.2, -0.15) is 5.10 Å². The van der Waals surface area contributed by atoms with Crippen molar-refractivity contribution < 1.29 is 23.8 Å². The van der Waals surface area contributed by atoms with Crippen molar-refractivity contribution in [3.63, 3.8) is 0 Å². The van der Waals surface area contributed by atoms with Gasteiger partial charge in [-0.3, -0.25) is 9.48 Å². The summed E-state index contributed by atoms with van der Waals surface area (Å²) < 4.78 is 19.1. The van der Waals surface area contributed by atoms with E-state index in [0.29, 0.717) is 11.5 Å². The van der Waals surface area contributed by atoms with Gasteiger partial charge in [-0.1, -0.05) is 44.6 Å². The van der Waals surface area contributed by atoms with Gasteiger partial charge in [0.1, 0.15) is 23.1 Å². The average molecular weight is 526 g/mol. The average Bonchev–Trinajstić information content (AvgIpc) is 3.36. The minimum Gasteiger partial charge on any atom is -0.496 e. The fraction of sp³-hybridized carbons (Fsp3) is 0.633. The van der Waals surface area contributed by atoms with Crippen LogP contribution in [0.25, 0.3) is 11.3 Å². The van der Waals surface area contributed by atoms with Crippen molar-refractivity contribution in [1.29, 1.82) is 0 Å². The number of amides is 1. The molecule has 1 amide bonds. The molecule has 1 heterocycles. The van der Waals surface area contributed by atoms with E-state index in [1.165, 1.54) is 6.42 Å². The topological polar surface area (TPSA) is 91.7 Å². The summed E-state index contributed by atoms with van der Waals surface area (Å²) in [6.07, 6.45) is 10.5. The van der Waals surface area contributed by atoms with Crippen LogP contribution in [0, 0.1) is 5.92 Å². The Morgan fingerprint density at radius 2 is 1.53 bits per heavy atom. The first-order chi connectivity index (χ1) is 18.2. The van der Waals surface area contributed by atoms with E-state index in [4.69, 9.17) is 19.3 Å². The van der Waals surface area contributed by atoms with Gasteiger partial charge in [0, 0.05) is 0 Å². The van der Waals surface area contributed by atoms with Crippen LogP contribution in [0.3, 0.4) is 0 Å². The number of esters is 1. The number of hydrogen-bond donors (Lipinski definition) is 1. The summed E-state index contributed by atoms with van der Waals surface area (Å²) in [4.78, 5) is 26.9. The van der Waals surface area contributed by atoms with Crippen LogP contribution in [0.15, 0.2) is 24.3 Å². The zero-order valence-electron chi connectivity index (χ0n) is 23.5. The van der Waals surface area contributed by atoms with Gasteiger partial charge < -0.3 is 19.5 Å². The van der Waals surface area contributed by atoms with E-state index in [2.05, 4.69) is 5.32 Å². The van der Waals surface area contributed by atoms with E-state index in [1.807, 2.05) is 43.7 Å². The molecule has 0 spiro atoms. The van der Waals surface area contributed by atoms with E-state index in [-0.39, 0.29) is 29.5 Å². The van der Waals surface area contributed by atoms with Crippen LogP contribution in [0.5, 0.6) is 11.5 Å². The summed E-state index contributed by atoms with van der Waals surface area (Å²) in [5, 5.41) is 7.86. The summed E-state index contributed by atoms with van der Waals surface area (Å²) >= 11 is 0. The zero-order valence-corrected chi connectivity index (χ0v) is 23.5. The molecule has 0 aliphatic heterocycles. The maximum atomic E-state index is 13.7. The molecule has 2 saturated carbocycles. The number of ether oxygens (including phenoxy) is 3. The van der Waals surface area contributed by atoms with E-state index in [9.17, 15) is 9.59 Å². The van der Waals surface area contributed by atoms with Crippen LogP contribution < -0.4 is 14.8 Å². The van der Waals surface area contributed by atoms with Crippen molar-refractivity contribution in [3.8, 4) is 22.8 Å². The van der Waals surface area contributed by atoms with Gasteiger partial charge in [-0.25, -0.2) is 4.79 Å². The molecule has 0 bridgehead atoms. The highest BCUT2D eigenvalue weighted by atomic mass is 16.6. The molecule has 0 saturated heterocycles. The zero-order chi connectivity index (χ0) is 27.3. The molecule has 208 valence electrons. The van der Waals surface area contributed by atoms with Crippen LogP contribution in [0.1, 0.15) is 102 Å². The third-order valence-corrected chi connectivity index (χ3v) is 7.64. The number of nitrogens with one attached hydrogen (secondary N) is 1. The number of benzene rings is 1. The standard InChI is InChI=1S/C30H43N3O5/c1-30(2,3)38-29(35)27(20-13-8-6-9-14-20)31-28(34)22-19-23(33(32-22)21-15-10-7-11-16-21)26-24(36-4)17-12-18-25(26)37-5/h12,17-21,27H,6-11,13-16H2,1-5H3,(H,31,34). The van der Waals surface area contributed by atoms with Gasteiger partial charge in [0.05, 0.1) is 31.5 Å². The Labute approximate surface area is 226 Å². The van der Waals surface area contributed by atoms with E-state index < -0.39 is 11.6 Å². The molecule has 8 nitrogen and oxygen atoms in total. The number of hydrogen-bond acceptors (Lipinski definition) is 6. The van der Waals surface area contributed by atoms with Gasteiger partial charge in [0.25, 0.3) is 5.91 Å². The van der Waals surface area contributed by atoms with Gasteiger partial charge in [0.15, 0.2) is 5.69 Å². The molecule has 0 radical (unpaired) electrons. The Bertz CT molecular complexity index is 1090. The Morgan fingerprint density at radius 1 is 0.947 bits per heavy atom. The lowest BCUT2D eigenvalue weighted by Gasteiger charge is -2.31. The second-order valence-electron chi connectivity index (χ2n) is 11.6. The molecule has 1 aromatic heterocycles. The molecule has 1 N–H and O–H groups in total. The summed E-state index contributed by atoms with van der Waals surface area (Å²) in [5.41, 5.74) is 1.20. The molecule has 1 aromatic carbocycles. The molecule has 1 atom stereocenters. The predicted octanol–water partition coefficient (Wildman–Crippen LogP) is 6.09. The third-order valence-electron chi connectivity index (χ3n) is 7.64. The summed E-state index contributed by atoms with van der Waals surface area (Å²) in [7, 11) is 3.26. The molecule has 8 heteroatoms. The van der Waals surface area contributed by atoms with Gasteiger partial charge in [0.2, 0.25) is 0 Å². The minimum atomic E-state index is -0.703. The molecule has 2 fully saturated rings. The first-order valence-electron chi connectivity index (χ1n) is 14.1. The van der Waals surface area contributed by atoms with Crippen LogP contribution >= 0.6 is 0 Å². The first kappa shape index (κ1) is 28.0. The molecule has 2 aliphatic rings. The molecular formula is C30H43N3O5. The number of nitrogens with zero attached hydrogens (tertiary/aromatic N) is 2. The van der Waals surface area contributed by atoms with Crippen molar-refractivity contribution in [3.05, 3.63) is 30.0 Å². The minimum absolute atomic E-state index is 0.0526. The molecule has 1 unspecified atom stereocenters. The second kappa shape index (κ2) is 12.2. The molecule has 2 aliphatic carbocycles. The fourth-order valence-electron chi connectivity index (χ4n) is 5.82. The molecule has 4 rings (SSSR count). The fourth-order valence-corrected chi connectivity index (χ4v) is 5.82. The Morgan fingerprint density at radius 3 is 2.08 bits per heavy atom. The largest absolute Gasteiger partial charge is 0.496 e. The highest BCUT2D eigenvalue weighted by Crippen LogP contribution is 2.41. The second-order valence-corrected chi connectivity index (χ2v) is 11.6. The number of methoxy groups -OCH3 is 2. The van der Waals surface area contributed by atoms with Crippen molar-refractivity contribution in [2.45, 2.75) is 103 Å². The Kier molecular flexibility index (Phi) is 9.00. The summed E-state index contributed by atoms with van der Waals surface area (Å²) in [5.74, 6) is 0.619. The van der Waals surface area contributed by atoms with E-state index in [1.54, 1.807) is 20.3 Å². The lowest BCUT2D eigenvalue weighted by Crippen LogP contribution is -2.49. The number of carbonyl (C=O) groups is 2. The third kappa shape index (κ3) is 6.51. The summed E-state index contributed by atoms with van der Waals surface area (Å²) in [6, 6.07) is 6.93. The van der Waals surface area contributed by atoms with Crippen molar-refractivity contribution >= 4 is 11.9 Å². The van der Waals surface area contributed by atoms with Crippen LogP contribution in [-0.2, 0) is 9.53 Å². The van der Waals surface area contributed by atoms with E-state index >= 15 is 0 Å². The highest BCUT2D eigenvalue weighted by molar-refractivity contribution is 5.96. The predicted molar refractivity (Wildman–Crippen MR) is 147 cm³/mol. The smallest absolute Gasteiger partial charge is 0.329 e. The first-order valence-corrected chi connectivity index (χ1v) is 14.1. The molecule has 2 aromatic rings. The van der Waals surface area contributed by atoms with Gasteiger partial charge >= 0.3 is 5.97 Å². The summed E-state index contributed by atoms with van der Waals surface area (Å²) in [6.45, 7) is 5.55. The Balaban J connectivity index is 1.71. The number of carbonyl (C=O) groups excluding carboxylic acids is 2. The van der Waals surface area contributed by atoms with E-state index in [0.717, 1.165) is 69.0 Å². The van der Waals surface area contributed by atoms with Crippen LogP contribution in [0.2, 0.25) is 0 Å². The maximum absolute atomic E-state index is 13.7. The normalized spacial score (nSPS) is 18.0. The quantitative estimate of drug-likeness (QED) is 0.419. The van der Waals surface area contributed by atoms with Crippen molar-refractivity contribution in [1.82, 2.24) is 15.1 Å². The van der Waals surface area contributed by atoms with Crippen LogP contribution in [0.4, 0.5) is 0 Å². The maximum Gasteiger partial charge on any atom is 0.329 e.